The molecule has 15 N–H and O–H groups in total. The number of nitrogens with two attached hydrogens (primary N) is 4. The first-order valence-corrected chi connectivity index (χ1v) is 15.3. The average Bonchev–Trinajstić information content (AvgIpc) is 3.22. The van der Waals surface area contributed by atoms with Crippen LogP contribution >= 0.6 is 0 Å². The first kappa shape index (κ1) is 38.3. The Morgan fingerprint density at radius 1 is 0.800 bits per heavy atom. The minimum Gasteiger partial charge on any atom is -0.508 e. The molecule has 2 aromatic carbocycles. The van der Waals surface area contributed by atoms with Crippen molar-refractivity contribution in [3.8, 4) is 11.5 Å². The number of aliphatic imine (C=N–C) groups is 2. The fraction of sp³-hybridized carbons (Fsp3) is 0.312. The van der Waals surface area contributed by atoms with Crippen LogP contribution in [0.4, 0.5) is 0 Å². The molecule has 0 aromatic heterocycles. The number of carbonyl (C=O) groups excluding carboxylic acids is 4. The molecule has 268 valence electrons. The standard InChI is InChI=1S/C32H42N10O8/c33-29(34)39-14-1-13-31(49)24(12-17-40-30(35)36)32(50,27(47)41-18-25(45)37-15-10-20-2-6-22(43)7-3-20)42(28(31)48)19-26(46)38-16-11-21-4-8-23(44)9-5-21/h2-11,15-16,24,43-44,49-50H,1,12-14,17-19H2,(H,37,45)(H,38,46)(H,41,47)(H4,33,34,39)(H4,35,36,40)/b15-10+,16-11+/t24-,31+,32-/m1/s1. The molecule has 0 saturated carbocycles. The van der Waals surface area contributed by atoms with Crippen molar-refractivity contribution in [1.82, 2.24) is 20.9 Å². The van der Waals surface area contributed by atoms with Gasteiger partial charge in [-0.3, -0.25) is 34.1 Å². The third kappa shape index (κ3) is 10.2. The van der Waals surface area contributed by atoms with E-state index in [1.165, 1.54) is 48.8 Å². The number of rotatable bonds is 16. The summed E-state index contributed by atoms with van der Waals surface area (Å²) in [4.78, 5) is 61.6. The fourth-order valence-electron chi connectivity index (χ4n) is 5.30. The second-order valence-electron chi connectivity index (χ2n) is 11.3. The Morgan fingerprint density at radius 3 is 1.82 bits per heavy atom. The highest BCUT2D eigenvalue weighted by Crippen LogP contribution is 2.45. The number of hydrogen-bond donors (Lipinski definition) is 11. The number of phenols is 2. The van der Waals surface area contributed by atoms with Crippen molar-refractivity contribution in [2.45, 2.75) is 30.6 Å². The third-order valence-corrected chi connectivity index (χ3v) is 7.68. The van der Waals surface area contributed by atoms with Gasteiger partial charge in [0.05, 0.1) is 12.5 Å². The number of likely N-dealkylation sites (tertiary alicyclic amines) is 1. The molecule has 1 fully saturated rings. The summed E-state index contributed by atoms with van der Waals surface area (Å²) >= 11 is 0. The van der Waals surface area contributed by atoms with Crippen LogP contribution in [0.25, 0.3) is 12.2 Å². The summed E-state index contributed by atoms with van der Waals surface area (Å²) in [6.45, 7) is -1.80. The van der Waals surface area contributed by atoms with Gasteiger partial charge in [0.25, 0.3) is 11.8 Å². The number of guanidine groups is 2. The quantitative estimate of drug-likeness (QED) is 0.0501. The Balaban J connectivity index is 1.87. The van der Waals surface area contributed by atoms with Crippen molar-refractivity contribution < 1.29 is 39.6 Å². The highest BCUT2D eigenvalue weighted by Gasteiger charge is 2.68. The molecule has 2 aromatic rings. The van der Waals surface area contributed by atoms with Gasteiger partial charge in [0.15, 0.2) is 17.5 Å². The molecule has 1 aliphatic heterocycles. The summed E-state index contributed by atoms with van der Waals surface area (Å²) in [5, 5.41) is 50.0. The largest absolute Gasteiger partial charge is 0.508 e. The molecule has 0 unspecified atom stereocenters. The zero-order valence-electron chi connectivity index (χ0n) is 27.0. The SMILES string of the molecule is NC(N)=NCCC[C@@]1(O)C(=O)N(CC(=O)N/C=C/c2ccc(O)cc2)[C@](O)(C(=O)NCC(=O)N/C=C/c2ccc(O)cc2)[C@@H]1CCN=C(N)N. The van der Waals surface area contributed by atoms with Gasteiger partial charge in [0.1, 0.15) is 18.0 Å². The van der Waals surface area contributed by atoms with Gasteiger partial charge in [-0.05, 0) is 66.8 Å². The topological polar surface area (TPSA) is 317 Å². The van der Waals surface area contributed by atoms with Crippen LogP contribution in [0.5, 0.6) is 11.5 Å². The molecule has 1 aliphatic rings. The molecule has 4 amide bonds. The Hall–Kier alpha value is -6.14. The van der Waals surface area contributed by atoms with Crippen LogP contribution < -0.4 is 38.9 Å². The molecule has 3 rings (SSSR count). The number of hydrogen-bond acceptors (Lipinski definition) is 10. The van der Waals surface area contributed by atoms with E-state index in [1.54, 1.807) is 24.3 Å². The van der Waals surface area contributed by atoms with Crippen LogP contribution in [-0.4, -0.2) is 98.4 Å². The molecular formula is C32H42N10O8. The zero-order valence-corrected chi connectivity index (χ0v) is 27.0. The van der Waals surface area contributed by atoms with Gasteiger partial charge in [-0.2, -0.15) is 0 Å². The minimum absolute atomic E-state index is 0.0104. The van der Waals surface area contributed by atoms with Gasteiger partial charge >= 0.3 is 0 Å². The normalized spacial score (nSPS) is 20.1. The second kappa shape index (κ2) is 17.3. The fourth-order valence-corrected chi connectivity index (χ4v) is 5.30. The number of aliphatic hydroxyl groups is 2. The number of phenolic OH excluding ortho intramolecular Hbond substituents is 2. The van der Waals surface area contributed by atoms with E-state index in [0.29, 0.717) is 16.0 Å². The van der Waals surface area contributed by atoms with Crippen molar-refractivity contribution in [3.63, 3.8) is 0 Å². The maximum absolute atomic E-state index is 13.9. The van der Waals surface area contributed by atoms with E-state index in [0.717, 1.165) is 0 Å². The van der Waals surface area contributed by atoms with Crippen molar-refractivity contribution >= 4 is 47.7 Å². The van der Waals surface area contributed by atoms with Gasteiger partial charge in [-0.25, -0.2) is 0 Å². The third-order valence-electron chi connectivity index (χ3n) is 7.68. The van der Waals surface area contributed by atoms with E-state index in [4.69, 9.17) is 22.9 Å². The summed E-state index contributed by atoms with van der Waals surface area (Å²) in [5.41, 5.74) is 17.6. The Labute approximate surface area is 287 Å². The highest BCUT2D eigenvalue weighted by molar-refractivity contribution is 6.01. The highest BCUT2D eigenvalue weighted by atomic mass is 16.4. The van der Waals surface area contributed by atoms with Gasteiger partial charge in [-0.15, -0.1) is 0 Å². The first-order valence-electron chi connectivity index (χ1n) is 15.3. The van der Waals surface area contributed by atoms with E-state index in [-0.39, 0.29) is 55.8 Å². The average molecular weight is 695 g/mol. The van der Waals surface area contributed by atoms with Crippen molar-refractivity contribution in [1.29, 1.82) is 0 Å². The number of amides is 4. The summed E-state index contributed by atoms with van der Waals surface area (Å²) in [7, 11) is 0. The number of nitrogens with zero attached hydrogens (tertiary/aromatic N) is 3. The lowest BCUT2D eigenvalue weighted by atomic mass is 9.78. The Bertz CT molecular complexity index is 1640. The van der Waals surface area contributed by atoms with Gasteiger partial charge in [0.2, 0.25) is 17.5 Å². The van der Waals surface area contributed by atoms with Crippen molar-refractivity contribution in [2.75, 3.05) is 26.2 Å². The van der Waals surface area contributed by atoms with E-state index in [9.17, 15) is 39.6 Å². The molecule has 0 aliphatic carbocycles. The monoisotopic (exact) mass is 694 g/mol. The Kier molecular flexibility index (Phi) is 13.3. The predicted octanol–water partition coefficient (Wildman–Crippen LogP) is -2.32. The molecule has 0 spiro atoms. The van der Waals surface area contributed by atoms with Crippen LogP contribution in [0.1, 0.15) is 30.4 Å². The molecule has 0 radical (unpaired) electrons. The smallest absolute Gasteiger partial charge is 0.274 e. The number of carbonyl (C=O) groups is 4. The number of nitrogens with one attached hydrogen (secondary N) is 3. The van der Waals surface area contributed by atoms with E-state index >= 15 is 0 Å². The molecule has 18 nitrogen and oxygen atoms in total. The van der Waals surface area contributed by atoms with Crippen molar-refractivity contribution in [2.24, 2.45) is 38.8 Å². The Morgan fingerprint density at radius 2 is 1.30 bits per heavy atom. The maximum Gasteiger partial charge on any atom is 0.274 e. The number of aromatic hydroxyl groups is 2. The lowest BCUT2D eigenvalue weighted by Crippen LogP contribution is -2.62. The van der Waals surface area contributed by atoms with Crippen LogP contribution in [0.2, 0.25) is 0 Å². The molecule has 0 bridgehead atoms. The summed E-state index contributed by atoms with van der Waals surface area (Å²) in [6, 6.07) is 12.1. The van der Waals surface area contributed by atoms with Gasteiger partial charge in [-0.1, -0.05) is 24.3 Å². The van der Waals surface area contributed by atoms with E-state index in [1.807, 2.05) is 0 Å². The molecule has 1 saturated heterocycles. The zero-order chi connectivity index (χ0) is 36.9. The molecular weight excluding hydrogens is 652 g/mol. The van der Waals surface area contributed by atoms with Crippen molar-refractivity contribution in [3.05, 3.63) is 72.1 Å². The minimum atomic E-state index is -2.87. The summed E-state index contributed by atoms with van der Waals surface area (Å²) < 4.78 is 0. The lowest BCUT2D eigenvalue weighted by molar-refractivity contribution is -0.174. The molecule has 1 heterocycles. The molecule has 3 atom stereocenters. The number of benzene rings is 2. The van der Waals surface area contributed by atoms with Crippen LogP contribution in [0.3, 0.4) is 0 Å². The van der Waals surface area contributed by atoms with Crippen LogP contribution in [-0.2, 0) is 19.2 Å². The van der Waals surface area contributed by atoms with Crippen LogP contribution in [0.15, 0.2) is 70.9 Å². The van der Waals surface area contributed by atoms with Gasteiger partial charge in [0, 0.05) is 25.5 Å². The van der Waals surface area contributed by atoms with Gasteiger partial charge < -0.3 is 59.3 Å². The maximum atomic E-state index is 13.9. The lowest BCUT2D eigenvalue weighted by Gasteiger charge is -2.36. The molecule has 50 heavy (non-hydrogen) atoms. The molecule has 18 heteroatoms. The summed E-state index contributed by atoms with van der Waals surface area (Å²) in [6.07, 6.45) is 4.95. The second-order valence-corrected chi connectivity index (χ2v) is 11.3. The first-order chi connectivity index (χ1) is 23.7. The summed E-state index contributed by atoms with van der Waals surface area (Å²) in [5.74, 6) is -6.02. The van der Waals surface area contributed by atoms with E-state index in [2.05, 4.69) is 25.9 Å². The predicted molar refractivity (Wildman–Crippen MR) is 184 cm³/mol. The van der Waals surface area contributed by atoms with E-state index < -0.39 is 54.0 Å². The van der Waals surface area contributed by atoms with Crippen LogP contribution in [0, 0.1) is 5.92 Å².